The standard InChI is InChI=1S/C20H19N3O4S/c1-13-2-6-15(7-3-13)22-20-23-16(12-28-20)10-27-19(25)14-4-8-17(9-5-14)26-11-18(21)24/h2-9,12H,10-11H2,1H3,(H2,21,24)(H,22,23). The van der Waals surface area contributed by atoms with Crippen LogP contribution in [0.1, 0.15) is 21.6 Å². The highest BCUT2D eigenvalue weighted by Crippen LogP contribution is 2.22. The lowest BCUT2D eigenvalue weighted by molar-refractivity contribution is -0.119. The second-order valence-electron chi connectivity index (χ2n) is 5.99. The van der Waals surface area contributed by atoms with Gasteiger partial charge in [-0.25, -0.2) is 9.78 Å². The van der Waals surface area contributed by atoms with Crippen LogP contribution < -0.4 is 15.8 Å². The fraction of sp³-hybridized carbons (Fsp3) is 0.150. The number of thiazole rings is 1. The van der Waals surface area contributed by atoms with Crippen LogP contribution in [0, 0.1) is 6.92 Å². The lowest BCUT2D eigenvalue weighted by Gasteiger charge is -2.06. The van der Waals surface area contributed by atoms with Crippen LogP contribution in [-0.2, 0) is 16.1 Å². The molecular formula is C20H19N3O4S. The topological polar surface area (TPSA) is 104 Å². The van der Waals surface area contributed by atoms with E-state index < -0.39 is 11.9 Å². The van der Waals surface area contributed by atoms with Gasteiger partial charge in [-0.3, -0.25) is 4.79 Å². The zero-order valence-electron chi connectivity index (χ0n) is 15.2. The Morgan fingerprint density at radius 1 is 1.11 bits per heavy atom. The lowest BCUT2D eigenvalue weighted by Crippen LogP contribution is -2.20. The second-order valence-corrected chi connectivity index (χ2v) is 6.85. The Balaban J connectivity index is 1.51. The maximum Gasteiger partial charge on any atom is 0.338 e. The molecule has 0 aliphatic rings. The number of benzene rings is 2. The quantitative estimate of drug-likeness (QED) is 0.565. The highest BCUT2D eigenvalue weighted by Gasteiger charge is 2.10. The van der Waals surface area contributed by atoms with Crippen molar-refractivity contribution in [1.82, 2.24) is 4.98 Å². The number of esters is 1. The first kappa shape index (κ1) is 19.4. The Hall–Kier alpha value is -3.39. The SMILES string of the molecule is Cc1ccc(Nc2nc(COC(=O)c3ccc(OCC(N)=O)cc3)cs2)cc1. The second kappa shape index (κ2) is 9.01. The van der Waals surface area contributed by atoms with Crippen molar-refractivity contribution in [2.75, 3.05) is 11.9 Å². The van der Waals surface area contributed by atoms with Gasteiger partial charge in [0.1, 0.15) is 12.4 Å². The summed E-state index contributed by atoms with van der Waals surface area (Å²) >= 11 is 1.44. The van der Waals surface area contributed by atoms with Gasteiger partial charge in [0.2, 0.25) is 0 Å². The molecule has 2 aromatic carbocycles. The van der Waals surface area contributed by atoms with E-state index >= 15 is 0 Å². The van der Waals surface area contributed by atoms with Crippen LogP contribution in [0.25, 0.3) is 0 Å². The Bertz CT molecular complexity index is 952. The van der Waals surface area contributed by atoms with Crippen molar-refractivity contribution in [1.29, 1.82) is 0 Å². The Labute approximate surface area is 166 Å². The fourth-order valence-electron chi connectivity index (χ4n) is 2.26. The van der Waals surface area contributed by atoms with E-state index in [0.717, 1.165) is 10.8 Å². The van der Waals surface area contributed by atoms with Gasteiger partial charge in [-0.05, 0) is 43.3 Å². The highest BCUT2D eigenvalue weighted by atomic mass is 32.1. The maximum absolute atomic E-state index is 12.1. The molecule has 1 heterocycles. The Morgan fingerprint density at radius 3 is 2.50 bits per heavy atom. The molecule has 3 rings (SSSR count). The van der Waals surface area contributed by atoms with Crippen LogP contribution >= 0.6 is 11.3 Å². The average molecular weight is 397 g/mol. The number of carbonyl (C=O) groups is 2. The molecule has 1 aromatic heterocycles. The number of aryl methyl sites for hydroxylation is 1. The van der Waals surface area contributed by atoms with Gasteiger partial charge in [-0.2, -0.15) is 0 Å². The van der Waals surface area contributed by atoms with Gasteiger partial charge in [0.25, 0.3) is 5.91 Å². The zero-order valence-corrected chi connectivity index (χ0v) is 16.0. The number of primary amides is 1. The molecule has 0 radical (unpaired) electrons. The predicted octanol–water partition coefficient (Wildman–Crippen LogP) is 3.42. The molecule has 1 amide bonds. The fourth-order valence-corrected chi connectivity index (χ4v) is 2.97. The minimum absolute atomic E-state index is 0.0742. The van der Waals surface area contributed by atoms with Gasteiger partial charge >= 0.3 is 5.97 Å². The number of aromatic nitrogens is 1. The highest BCUT2D eigenvalue weighted by molar-refractivity contribution is 7.13. The normalized spacial score (nSPS) is 10.3. The van der Waals surface area contributed by atoms with Crippen LogP contribution in [-0.4, -0.2) is 23.5 Å². The number of hydrogen-bond acceptors (Lipinski definition) is 7. The molecule has 0 saturated carbocycles. The van der Waals surface area contributed by atoms with Crippen molar-refractivity contribution >= 4 is 34.0 Å². The van der Waals surface area contributed by atoms with Gasteiger partial charge in [-0.15, -0.1) is 11.3 Å². The number of carbonyl (C=O) groups excluding carboxylic acids is 2. The first-order valence-corrected chi connectivity index (χ1v) is 9.34. The van der Waals surface area contributed by atoms with E-state index in [4.69, 9.17) is 15.2 Å². The molecule has 0 saturated heterocycles. The predicted molar refractivity (Wildman–Crippen MR) is 107 cm³/mol. The van der Waals surface area contributed by atoms with E-state index in [9.17, 15) is 9.59 Å². The minimum Gasteiger partial charge on any atom is -0.484 e. The number of nitrogens with two attached hydrogens (primary N) is 1. The number of nitrogens with zero attached hydrogens (tertiary/aromatic N) is 1. The van der Waals surface area contributed by atoms with Crippen LogP contribution in [0.5, 0.6) is 5.75 Å². The molecule has 0 atom stereocenters. The summed E-state index contributed by atoms with van der Waals surface area (Å²) in [6, 6.07) is 14.3. The summed E-state index contributed by atoms with van der Waals surface area (Å²) in [6.07, 6.45) is 0. The largest absolute Gasteiger partial charge is 0.484 e. The number of hydrogen-bond donors (Lipinski definition) is 2. The van der Waals surface area contributed by atoms with Crippen LogP contribution in [0.3, 0.4) is 0 Å². The molecule has 3 N–H and O–H groups in total. The Kier molecular flexibility index (Phi) is 6.23. The van der Waals surface area contributed by atoms with Crippen LogP contribution in [0.2, 0.25) is 0 Å². The van der Waals surface area contributed by atoms with E-state index in [1.54, 1.807) is 24.3 Å². The molecule has 0 unspecified atom stereocenters. The molecule has 0 aliphatic carbocycles. The molecule has 7 nitrogen and oxygen atoms in total. The summed E-state index contributed by atoms with van der Waals surface area (Å²) in [5.41, 5.74) is 8.18. The third-order valence-corrected chi connectivity index (χ3v) is 4.48. The molecule has 8 heteroatoms. The summed E-state index contributed by atoms with van der Waals surface area (Å²) in [4.78, 5) is 27.3. The minimum atomic E-state index is -0.567. The van der Waals surface area contributed by atoms with E-state index in [1.807, 2.05) is 36.6 Å². The third-order valence-electron chi connectivity index (χ3n) is 3.68. The summed E-state index contributed by atoms with van der Waals surface area (Å²) in [6.45, 7) is 1.89. The average Bonchev–Trinajstić information content (AvgIpc) is 3.14. The van der Waals surface area contributed by atoms with E-state index in [1.165, 1.54) is 16.9 Å². The van der Waals surface area contributed by atoms with Crippen molar-refractivity contribution in [3.63, 3.8) is 0 Å². The first-order valence-electron chi connectivity index (χ1n) is 8.46. The number of nitrogens with one attached hydrogen (secondary N) is 1. The van der Waals surface area contributed by atoms with E-state index in [2.05, 4.69) is 10.3 Å². The van der Waals surface area contributed by atoms with Crippen LogP contribution in [0.4, 0.5) is 10.8 Å². The van der Waals surface area contributed by atoms with E-state index in [-0.39, 0.29) is 13.2 Å². The van der Waals surface area contributed by atoms with Crippen LogP contribution in [0.15, 0.2) is 53.9 Å². The molecular weight excluding hydrogens is 378 g/mol. The molecule has 144 valence electrons. The summed E-state index contributed by atoms with van der Waals surface area (Å²) in [5.74, 6) is -0.591. The monoisotopic (exact) mass is 397 g/mol. The summed E-state index contributed by atoms with van der Waals surface area (Å²) in [7, 11) is 0. The molecule has 0 fully saturated rings. The summed E-state index contributed by atoms with van der Waals surface area (Å²) < 4.78 is 10.4. The lowest BCUT2D eigenvalue weighted by atomic mass is 10.2. The molecule has 0 bridgehead atoms. The smallest absolute Gasteiger partial charge is 0.338 e. The van der Waals surface area contributed by atoms with Gasteiger partial charge in [0.05, 0.1) is 11.3 Å². The molecule has 3 aromatic rings. The first-order chi connectivity index (χ1) is 13.5. The van der Waals surface area contributed by atoms with E-state index in [0.29, 0.717) is 17.0 Å². The zero-order chi connectivity index (χ0) is 19.9. The third kappa shape index (κ3) is 5.55. The van der Waals surface area contributed by atoms with Crippen molar-refractivity contribution in [3.05, 3.63) is 70.7 Å². The summed E-state index contributed by atoms with van der Waals surface area (Å²) in [5, 5.41) is 5.78. The van der Waals surface area contributed by atoms with Gasteiger partial charge in [0.15, 0.2) is 11.7 Å². The van der Waals surface area contributed by atoms with Gasteiger partial charge in [0, 0.05) is 11.1 Å². The van der Waals surface area contributed by atoms with Crippen molar-refractivity contribution in [2.45, 2.75) is 13.5 Å². The molecule has 0 aliphatic heterocycles. The maximum atomic E-state index is 12.1. The molecule has 0 spiro atoms. The number of ether oxygens (including phenoxy) is 2. The van der Waals surface area contributed by atoms with Crippen molar-refractivity contribution < 1.29 is 19.1 Å². The number of anilines is 2. The molecule has 28 heavy (non-hydrogen) atoms. The number of amides is 1. The van der Waals surface area contributed by atoms with Crippen molar-refractivity contribution in [2.24, 2.45) is 5.73 Å². The van der Waals surface area contributed by atoms with Gasteiger partial charge < -0.3 is 20.5 Å². The van der Waals surface area contributed by atoms with Gasteiger partial charge in [-0.1, -0.05) is 17.7 Å². The Morgan fingerprint density at radius 2 is 1.82 bits per heavy atom. The number of rotatable bonds is 8. The van der Waals surface area contributed by atoms with Crippen molar-refractivity contribution in [3.8, 4) is 5.75 Å².